The molecule has 2 atom stereocenters. The molecule has 1 aliphatic rings. The fraction of sp³-hybridized carbons (Fsp3) is 0.179. The van der Waals surface area contributed by atoms with Crippen LogP contribution in [0, 0.1) is 13.8 Å². The number of phenols is 1. The number of ether oxygens (including phenoxy) is 1. The minimum Gasteiger partial charge on any atom is -0.506 e. The second-order valence-electron chi connectivity index (χ2n) is 8.69. The molecule has 1 fully saturated rings. The number of methoxy groups -OCH3 is 1. The number of nitrogens with zero attached hydrogens (tertiary/aromatic N) is 3. The van der Waals surface area contributed by atoms with E-state index >= 15 is 0 Å². The van der Waals surface area contributed by atoms with E-state index in [2.05, 4.69) is 20.9 Å². The summed E-state index contributed by atoms with van der Waals surface area (Å²) in [5.74, 6) is -0.237. The average molecular weight is 499 g/mol. The van der Waals surface area contributed by atoms with Crippen LogP contribution in [0.15, 0.2) is 79.0 Å². The van der Waals surface area contributed by atoms with Crippen LogP contribution in [0.4, 0.5) is 5.69 Å². The highest BCUT2D eigenvalue weighted by Gasteiger charge is 2.43. The Labute approximate surface area is 215 Å². The number of hydrogen-bond donors (Lipinski definition) is 2. The summed E-state index contributed by atoms with van der Waals surface area (Å²) in [5.41, 5.74) is 5.83. The molecule has 0 unspecified atom stereocenters. The van der Waals surface area contributed by atoms with E-state index in [0.29, 0.717) is 16.4 Å². The van der Waals surface area contributed by atoms with Crippen molar-refractivity contribution in [1.29, 1.82) is 0 Å². The zero-order valence-electron chi connectivity index (χ0n) is 20.2. The molecular weight excluding hydrogens is 472 g/mol. The number of phenolic OH excluding ortho intramolecular Hbond substituents is 1. The number of aryl methyl sites for hydroxylation is 1. The van der Waals surface area contributed by atoms with Gasteiger partial charge < -0.3 is 24.6 Å². The fourth-order valence-electron chi connectivity index (χ4n) is 4.97. The lowest BCUT2D eigenvalue weighted by molar-refractivity contribution is 0.0600. The number of para-hydroxylation sites is 2. The summed E-state index contributed by atoms with van der Waals surface area (Å²) in [6.07, 6.45) is 1.77. The van der Waals surface area contributed by atoms with Crippen molar-refractivity contribution in [2.45, 2.75) is 25.9 Å². The molecule has 0 spiro atoms. The maximum Gasteiger partial charge on any atom is 0.337 e. The highest BCUT2D eigenvalue weighted by atomic mass is 32.1. The van der Waals surface area contributed by atoms with E-state index in [9.17, 15) is 9.90 Å². The lowest BCUT2D eigenvalue weighted by Gasteiger charge is -2.28. The highest BCUT2D eigenvalue weighted by molar-refractivity contribution is 7.80. The number of pyridine rings is 1. The Morgan fingerprint density at radius 2 is 1.83 bits per heavy atom. The van der Waals surface area contributed by atoms with Crippen LogP contribution in [-0.4, -0.2) is 32.8 Å². The lowest BCUT2D eigenvalue weighted by atomic mass is 9.96. The Morgan fingerprint density at radius 3 is 2.56 bits per heavy atom. The number of nitrogens with one attached hydrogen (secondary N) is 1. The Hall–Kier alpha value is -4.17. The Bertz CT molecular complexity index is 1450. The Morgan fingerprint density at radius 1 is 1.06 bits per heavy atom. The molecule has 182 valence electrons. The first-order chi connectivity index (χ1) is 17.4. The molecule has 0 saturated carbocycles. The first-order valence-electron chi connectivity index (χ1n) is 11.6. The van der Waals surface area contributed by atoms with Crippen molar-refractivity contribution in [3.8, 4) is 11.4 Å². The van der Waals surface area contributed by atoms with E-state index in [-0.39, 0.29) is 23.8 Å². The summed E-state index contributed by atoms with van der Waals surface area (Å²) < 4.78 is 7.03. The number of rotatable bonds is 5. The van der Waals surface area contributed by atoms with Crippen molar-refractivity contribution in [2.24, 2.45) is 0 Å². The van der Waals surface area contributed by atoms with Crippen LogP contribution < -0.4 is 10.2 Å². The number of hydrogen-bond acceptors (Lipinski definition) is 5. The minimum atomic E-state index is -0.383. The number of aromatic hydroxyl groups is 1. The SMILES string of the molecule is COC(=O)c1cccc(-n2c(C)cc([C@H]3[C@H](c4ccccn4)NC(=S)N3c3ccccc3O)c2C)c1. The molecular formula is C28H26N4O3S. The summed E-state index contributed by atoms with van der Waals surface area (Å²) in [6, 6.07) is 22.0. The molecule has 1 aliphatic heterocycles. The van der Waals surface area contributed by atoms with E-state index in [1.807, 2.05) is 67.3 Å². The van der Waals surface area contributed by atoms with Gasteiger partial charge in [0.05, 0.1) is 36.1 Å². The summed E-state index contributed by atoms with van der Waals surface area (Å²) in [6.45, 7) is 4.08. The van der Waals surface area contributed by atoms with Gasteiger partial charge in [0.15, 0.2) is 5.11 Å². The smallest absolute Gasteiger partial charge is 0.337 e. The van der Waals surface area contributed by atoms with Gasteiger partial charge in [0.25, 0.3) is 0 Å². The maximum atomic E-state index is 12.2. The second kappa shape index (κ2) is 9.47. The van der Waals surface area contributed by atoms with Crippen LogP contribution in [-0.2, 0) is 4.74 Å². The van der Waals surface area contributed by atoms with Crippen molar-refractivity contribution in [1.82, 2.24) is 14.9 Å². The van der Waals surface area contributed by atoms with Gasteiger partial charge in [-0.3, -0.25) is 4.98 Å². The highest BCUT2D eigenvalue weighted by Crippen LogP contribution is 2.45. The molecule has 36 heavy (non-hydrogen) atoms. The molecule has 1 saturated heterocycles. The fourth-order valence-corrected chi connectivity index (χ4v) is 5.31. The van der Waals surface area contributed by atoms with Crippen molar-refractivity contribution in [3.05, 3.63) is 107 Å². The molecule has 4 aromatic rings. The van der Waals surface area contributed by atoms with Gasteiger partial charge in [-0.05, 0) is 80.2 Å². The third kappa shape index (κ3) is 3.99. The van der Waals surface area contributed by atoms with Crippen LogP contribution in [0.2, 0.25) is 0 Å². The van der Waals surface area contributed by atoms with Gasteiger partial charge in [-0.2, -0.15) is 0 Å². The average Bonchev–Trinajstić information content (AvgIpc) is 3.39. The molecule has 0 aliphatic carbocycles. The zero-order valence-corrected chi connectivity index (χ0v) is 21.0. The van der Waals surface area contributed by atoms with Crippen molar-refractivity contribution in [3.63, 3.8) is 0 Å². The van der Waals surface area contributed by atoms with Gasteiger partial charge >= 0.3 is 5.97 Å². The second-order valence-corrected chi connectivity index (χ2v) is 9.08. The molecule has 2 N–H and O–H groups in total. The number of thiocarbonyl (C=S) groups is 1. The molecule has 3 heterocycles. The molecule has 5 rings (SSSR count). The van der Waals surface area contributed by atoms with E-state index < -0.39 is 0 Å². The van der Waals surface area contributed by atoms with Crippen LogP contribution in [0.25, 0.3) is 5.69 Å². The Balaban J connectivity index is 1.68. The number of benzene rings is 2. The molecule has 0 amide bonds. The van der Waals surface area contributed by atoms with Crippen molar-refractivity contribution < 1.29 is 14.6 Å². The summed E-state index contributed by atoms with van der Waals surface area (Å²) >= 11 is 5.79. The number of carbonyl (C=O) groups excluding carboxylic acids is 1. The van der Waals surface area contributed by atoms with Gasteiger partial charge in [-0.25, -0.2) is 4.79 Å². The van der Waals surface area contributed by atoms with Crippen LogP contribution in [0.3, 0.4) is 0 Å². The first-order valence-corrected chi connectivity index (χ1v) is 12.0. The van der Waals surface area contributed by atoms with Gasteiger partial charge in [0.1, 0.15) is 5.75 Å². The van der Waals surface area contributed by atoms with Crippen molar-refractivity contribution in [2.75, 3.05) is 12.0 Å². The summed E-state index contributed by atoms with van der Waals surface area (Å²) in [4.78, 5) is 18.7. The van der Waals surface area contributed by atoms with Crippen molar-refractivity contribution >= 4 is 29.0 Å². The third-order valence-electron chi connectivity index (χ3n) is 6.55. The van der Waals surface area contributed by atoms with Crippen LogP contribution >= 0.6 is 12.2 Å². The number of aromatic nitrogens is 2. The standard InChI is InChI=1S/C28H26N4O3S/c1-17-15-21(18(2)31(17)20-10-8-9-19(16-20)27(34)35-3)26-25(22-11-6-7-14-29-22)30-28(36)32(26)23-12-4-5-13-24(23)33/h4-16,25-26,33H,1-3H3,(H,30,36)/t25-,26-/m0/s1. The van der Waals surface area contributed by atoms with Gasteiger partial charge in [0, 0.05) is 23.3 Å². The minimum absolute atomic E-state index is 0.146. The number of esters is 1. The topological polar surface area (TPSA) is 79.6 Å². The van der Waals surface area contributed by atoms with Gasteiger partial charge in [-0.1, -0.05) is 24.3 Å². The number of carbonyl (C=O) groups is 1. The summed E-state index contributed by atoms with van der Waals surface area (Å²) in [5, 5.41) is 14.7. The quantitative estimate of drug-likeness (QED) is 0.291. The molecule has 7 nitrogen and oxygen atoms in total. The maximum absolute atomic E-state index is 12.2. The summed E-state index contributed by atoms with van der Waals surface area (Å²) in [7, 11) is 1.38. The normalized spacial score (nSPS) is 17.2. The van der Waals surface area contributed by atoms with Crippen LogP contribution in [0.1, 0.15) is 45.1 Å². The lowest BCUT2D eigenvalue weighted by Crippen LogP contribution is -2.29. The van der Waals surface area contributed by atoms with E-state index in [4.69, 9.17) is 17.0 Å². The first kappa shape index (κ1) is 23.6. The van der Waals surface area contributed by atoms with Gasteiger partial charge in [-0.15, -0.1) is 0 Å². The Kier molecular flexibility index (Phi) is 6.20. The number of anilines is 1. The zero-order chi connectivity index (χ0) is 25.4. The van der Waals surface area contributed by atoms with Crippen LogP contribution in [0.5, 0.6) is 5.75 Å². The predicted octanol–water partition coefficient (Wildman–Crippen LogP) is 5.16. The van der Waals surface area contributed by atoms with Gasteiger partial charge in [0.2, 0.25) is 0 Å². The molecule has 8 heteroatoms. The monoisotopic (exact) mass is 498 g/mol. The third-order valence-corrected chi connectivity index (χ3v) is 6.87. The van der Waals surface area contributed by atoms with E-state index in [1.165, 1.54) is 7.11 Å². The van der Waals surface area contributed by atoms with E-state index in [1.54, 1.807) is 24.4 Å². The molecule has 0 radical (unpaired) electrons. The molecule has 2 aromatic carbocycles. The predicted molar refractivity (Wildman–Crippen MR) is 143 cm³/mol. The molecule has 2 aromatic heterocycles. The van der Waals surface area contributed by atoms with E-state index in [0.717, 1.165) is 28.3 Å². The largest absolute Gasteiger partial charge is 0.506 e. The molecule has 0 bridgehead atoms.